The fraction of sp³-hybridized carbons (Fsp3) is 0.467. The van der Waals surface area contributed by atoms with Crippen molar-refractivity contribution in [2.75, 3.05) is 7.11 Å². The zero-order valence-electron chi connectivity index (χ0n) is 11.4. The van der Waals surface area contributed by atoms with E-state index in [4.69, 9.17) is 0 Å². The Bertz CT molecular complexity index is 418. The van der Waals surface area contributed by atoms with Crippen molar-refractivity contribution in [1.29, 1.82) is 0 Å². The lowest BCUT2D eigenvalue weighted by molar-refractivity contribution is -0.143. The molecule has 1 aromatic rings. The van der Waals surface area contributed by atoms with Crippen LogP contribution in [0.2, 0.25) is 0 Å². The van der Waals surface area contributed by atoms with E-state index in [9.17, 15) is 9.59 Å². The van der Waals surface area contributed by atoms with Gasteiger partial charge in [-0.15, -0.1) is 0 Å². The highest BCUT2D eigenvalue weighted by Gasteiger charge is 2.26. The molecule has 1 atom stereocenters. The van der Waals surface area contributed by atoms with E-state index in [1.54, 1.807) is 12.1 Å². The number of carbonyl (C=O) groups excluding carboxylic acids is 2. The molecule has 0 fully saturated rings. The summed E-state index contributed by atoms with van der Waals surface area (Å²) in [5.74, 6) is -0.897. The van der Waals surface area contributed by atoms with Crippen molar-refractivity contribution in [3.8, 4) is 0 Å². The minimum atomic E-state index is -0.695. The number of esters is 1. The van der Waals surface area contributed by atoms with Gasteiger partial charge in [0.15, 0.2) is 5.78 Å². The number of hydrogen-bond acceptors (Lipinski definition) is 3. The number of carbonyl (C=O) groups is 2. The Hall–Kier alpha value is -1.64. The van der Waals surface area contributed by atoms with Crippen LogP contribution in [0.5, 0.6) is 0 Å². The zero-order chi connectivity index (χ0) is 13.7. The fourth-order valence-electron chi connectivity index (χ4n) is 1.83. The van der Waals surface area contributed by atoms with Crippen molar-refractivity contribution in [3.63, 3.8) is 0 Å². The SMILES string of the molecule is CCC(C(=O)OC)C(=O)c1ccc(C(C)C)cc1. The van der Waals surface area contributed by atoms with Gasteiger partial charge in [-0.2, -0.15) is 0 Å². The third kappa shape index (κ3) is 3.19. The van der Waals surface area contributed by atoms with Gasteiger partial charge < -0.3 is 4.74 Å². The summed E-state index contributed by atoms with van der Waals surface area (Å²) in [6, 6.07) is 7.43. The first-order valence-electron chi connectivity index (χ1n) is 6.23. The molecule has 98 valence electrons. The van der Waals surface area contributed by atoms with Gasteiger partial charge >= 0.3 is 5.97 Å². The fourth-order valence-corrected chi connectivity index (χ4v) is 1.83. The van der Waals surface area contributed by atoms with Crippen molar-refractivity contribution >= 4 is 11.8 Å². The molecular weight excluding hydrogens is 228 g/mol. The Morgan fingerprint density at radius 3 is 2.11 bits per heavy atom. The molecule has 0 amide bonds. The number of ketones is 1. The van der Waals surface area contributed by atoms with E-state index < -0.39 is 11.9 Å². The van der Waals surface area contributed by atoms with Crippen LogP contribution in [-0.4, -0.2) is 18.9 Å². The first-order chi connectivity index (χ1) is 8.51. The summed E-state index contributed by atoms with van der Waals surface area (Å²) in [6.45, 7) is 6.00. The van der Waals surface area contributed by atoms with Gasteiger partial charge in [0.05, 0.1) is 7.11 Å². The number of rotatable bonds is 5. The number of Topliss-reactive ketones (excluding diaryl/α,β-unsaturated/α-hetero) is 1. The van der Waals surface area contributed by atoms with E-state index in [0.29, 0.717) is 17.9 Å². The Balaban J connectivity index is 2.92. The summed E-state index contributed by atoms with van der Waals surface area (Å²) in [5, 5.41) is 0. The molecule has 3 heteroatoms. The lowest BCUT2D eigenvalue weighted by Gasteiger charge is -2.12. The van der Waals surface area contributed by atoms with Crippen molar-refractivity contribution in [3.05, 3.63) is 35.4 Å². The summed E-state index contributed by atoms with van der Waals surface area (Å²) in [4.78, 5) is 23.6. The second-order valence-corrected chi connectivity index (χ2v) is 4.62. The lowest BCUT2D eigenvalue weighted by atomic mass is 9.93. The predicted molar refractivity (Wildman–Crippen MR) is 70.7 cm³/mol. The van der Waals surface area contributed by atoms with Gasteiger partial charge in [-0.25, -0.2) is 0 Å². The van der Waals surface area contributed by atoms with Crippen LogP contribution in [0.15, 0.2) is 24.3 Å². The van der Waals surface area contributed by atoms with Crippen LogP contribution in [0.25, 0.3) is 0 Å². The Kier molecular flexibility index (Phi) is 5.08. The number of hydrogen-bond donors (Lipinski definition) is 0. The van der Waals surface area contributed by atoms with E-state index in [-0.39, 0.29) is 5.78 Å². The quantitative estimate of drug-likeness (QED) is 0.456. The summed E-state index contributed by atoms with van der Waals surface area (Å²) < 4.78 is 4.65. The molecule has 0 aliphatic heterocycles. The molecule has 0 radical (unpaired) electrons. The van der Waals surface area contributed by atoms with Crippen LogP contribution in [0.3, 0.4) is 0 Å². The van der Waals surface area contributed by atoms with E-state index in [0.717, 1.165) is 0 Å². The number of ether oxygens (including phenoxy) is 1. The maximum atomic E-state index is 12.2. The topological polar surface area (TPSA) is 43.4 Å². The summed E-state index contributed by atoms with van der Waals surface area (Å²) in [6.07, 6.45) is 0.456. The average molecular weight is 248 g/mol. The van der Waals surface area contributed by atoms with Gasteiger partial charge in [0.25, 0.3) is 0 Å². The van der Waals surface area contributed by atoms with Gasteiger partial charge in [-0.05, 0) is 17.9 Å². The molecule has 0 N–H and O–H groups in total. The Labute approximate surface area is 108 Å². The molecule has 0 heterocycles. The standard InChI is InChI=1S/C15H20O3/c1-5-13(15(17)18-4)14(16)12-8-6-11(7-9-12)10(2)3/h6-10,13H,5H2,1-4H3. The molecule has 1 aromatic carbocycles. The first-order valence-corrected chi connectivity index (χ1v) is 6.23. The molecule has 0 aromatic heterocycles. The van der Waals surface area contributed by atoms with Crippen LogP contribution in [0.4, 0.5) is 0 Å². The molecule has 3 nitrogen and oxygen atoms in total. The molecule has 0 aliphatic rings. The Morgan fingerprint density at radius 1 is 1.17 bits per heavy atom. The normalized spacial score (nSPS) is 12.3. The van der Waals surface area contributed by atoms with E-state index in [1.165, 1.54) is 12.7 Å². The van der Waals surface area contributed by atoms with E-state index in [2.05, 4.69) is 18.6 Å². The largest absolute Gasteiger partial charge is 0.468 e. The molecule has 0 spiro atoms. The smallest absolute Gasteiger partial charge is 0.316 e. The molecule has 1 unspecified atom stereocenters. The average Bonchev–Trinajstić information content (AvgIpc) is 2.39. The zero-order valence-corrected chi connectivity index (χ0v) is 11.4. The molecule has 0 saturated heterocycles. The van der Waals surface area contributed by atoms with E-state index >= 15 is 0 Å². The van der Waals surface area contributed by atoms with Gasteiger partial charge in [-0.1, -0.05) is 45.0 Å². The molecular formula is C15H20O3. The first kappa shape index (κ1) is 14.4. The second kappa shape index (κ2) is 6.34. The van der Waals surface area contributed by atoms with Crippen molar-refractivity contribution in [2.45, 2.75) is 33.1 Å². The van der Waals surface area contributed by atoms with Gasteiger partial charge in [-0.3, -0.25) is 9.59 Å². The summed E-state index contributed by atoms with van der Waals surface area (Å²) >= 11 is 0. The highest BCUT2D eigenvalue weighted by Crippen LogP contribution is 2.18. The van der Waals surface area contributed by atoms with Gasteiger partial charge in [0.2, 0.25) is 0 Å². The Morgan fingerprint density at radius 2 is 1.72 bits per heavy atom. The second-order valence-electron chi connectivity index (χ2n) is 4.62. The lowest BCUT2D eigenvalue weighted by Crippen LogP contribution is -2.24. The minimum absolute atomic E-state index is 0.167. The van der Waals surface area contributed by atoms with Crippen molar-refractivity contribution in [1.82, 2.24) is 0 Å². The molecule has 0 aliphatic carbocycles. The van der Waals surface area contributed by atoms with Gasteiger partial charge in [0.1, 0.15) is 5.92 Å². The monoisotopic (exact) mass is 248 g/mol. The molecule has 0 saturated carbocycles. The predicted octanol–water partition coefficient (Wildman–Crippen LogP) is 3.19. The van der Waals surface area contributed by atoms with Crippen molar-refractivity contribution in [2.24, 2.45) is 5.92 Å². The molecule has 18 heavy (non-hydrogen) atoms. The number of benzene rings is 1. The summed E-state index contributed by atoms with van der Waals surface area (Å²) in [7, 11) is 1.31. The van der Waals surface area contributed by atoms with Crippen LogP contribution in [0.1, 0.15) is 49.0 Å². The molecule has 1 rings (SSSR count). The minimum Gasteiger partial charge on any atom is -0.468 e. The van der Waals surface area contributed by atoms with Crippen LogP contribution in [0, 0.1) is 5.92 Å². The third-order valence-corrected chi connectivity index (χ3v) is 3.07. The third-order valence-electron chi connectivity index (χ3n) is 3.07. The maximum absolute atomic E-state index is 12.2. The van der Waals surface area contributed by atoms with Crippen LogP contribution in [-0.2, 0) is 9.53 Å². The van der Waals surface area contributed by atoms with Crippen LogP contribution < -0.4 is 0 Å². The van der Waals surface area contributed by atoms with E-state index in [1.807, 2.05) is 19.1 Å². The highest BCUT2D eigenvalue weighted by atomic mass is 16.5. The highest BCUT2D eigenvalue weighted by molar-refractivity contribution is 6.08. The maximum Gasteiger partial charge on any atom is 0.316 e. The van der Waals surface area contributed by atoms with Crippen LogP contribution >= 0.6 is 0 Å². The number of methoxy groups -OCH3 is 1. The van der Waals surface area contributed by atoms with Gasteiger partial charge in [0, 0.05) is 5.56 Å². The van der Waals surface area contributed by atoms with Crippen molar-refractivity contribution < 1.29 is 14.3 Å². The summed E-state index contributed by atoms with van der Waals surface area (Å²) in [5.41, 5.74) is 1.74. The molecule has 0 bridgehead atoms.